The van der Waals surface area contributed by atoms with E-state index in [9.17, 15) is 4.79 Å². The smallest absolute Gasteiger partial charge is 0.226 e. The summed E-state index contributed by atoms with van der Waals surface area (Å²) in [7, 11) is 0. The molecule has 0 saturated carbocycles. The van der Waals surface area contributed by atoms with E-state index in [1.54, 1.807) is 0 Å². The van der Waals surface area contributed by atoms with Gasteiger partial charge in [0.2, 0.25) is 5.91 Å². The molecule has 22 heavy (non-hydrogen) atoms. The molecule has 1 aromatic carbocycles. The molecule has 1 fully saturated rings. The predicted octanol–water partition coefficient (Wildman–Crippen LogP) is 3.68. The molecule has 1 saturated heterocycles. The molecule has 0 aromatic heterocycles. The Labute approximate surface area is 138 Å². The monoisotopic (exact) mass is 319 g/mol. The summed E-state index contributed by atoms with van der Waals surface area (Å²) in [4.78, 5) is 13.9. The van der Waals surface area contributed by atoms with Gasteiger partial charge in [0.25, 0.3) is 0 Å². The zero-order chi connectivity index (χ0) is 15.9. The van der Waals surface area contributed by atoms with Crippen molar-refractivity contribution in [2.45, 2.75) is 52.0 Å². The summed E-state index contributed by atoms with van der Waals surface area (Å²) in [6, 6.07) is 8.84. The maximum Gasteiger partial charge on any atom is 0.226 e. The van der Waals surface area contributed by atoms with Gasteiger partial charge in [-0.2, -0.15) is 0 Å². The average Bonchev–Trinajstić information content (AvgIpc) is 2.49. The lowest BCUT2D eigenvalue weighted by molar-refractivity contribution is -0.119. The number of rotatable bonds is 4. The van der Waals surface area contributed by atoms with Crippen LogP contribution in [0.4, 0.5) is 11.4 Å². The molecule has 0 radical (unpaired) electrons. The Morgan fingerprint density at radius 2 is 2.05 bits per heavy atom. The van der Waals surface area contributed by atoms with E-state index in [-0.39, 0.29) is 5.91 Å². The summed E-state index contributed by atoms with van der Waals surface area (Å²) < 4.78 is 0. The number of thiocarbonyl (C=S) groups is 1. The first kappa shape index (κ1) is 16.7. The molecule has 1 heterocycles. The summed E-state index contributed by atoms with van der Waals surface area (Å²) in [6.45, 7) is 5.37. The average molecular weight is 319 g/mol. The van der Waals surface area contributed by atoms with Crippen molar-refractivity contribution in [1.29, 1.82) is 0 Å². The second-order valence-electron chi connectivity index (χ2n) is 5.84. The first-order valence-electron chi connectivity index (χ1n) is 8.07. The van der Waals surface area contributed by atoms with Crippen LogP contribution in [0.5, 0.6) is 0 Å². The molecule has 0 aliphatic carbocycles. The molecule has 1 atom stereocenters. The normalized spacial score (nSPS) is 17.9. The first-order valence-corrected chi connectivity index (χ1v) is 8.48. The molecule has 1 aliphatic heterocycles. The lowest BCUT2D eigenvalue weighted by Gasteiger charge is -2.35. The number of piperidine rings is 1. The number of carbonyl (C=O) groups is 1. The van der Waals surface area contributed by atoms with Crippen molar-refractivity contribution >= 4 is 34.6 Å². The topological polar surface area (TPSA) is 44.4 Å². The Morgan fingerprint density at radius 1 is 1.32 bits per heavy atom. The number of hydrogen-bond acceptors (Lipinski definition) is 3. The Kier molecular flexibility index (Phi) is 6.19. The van der Waals surface area contributed by atoms with Crippen molar-refractivity contribution in [3.05, 3.63) is 24.3 Å². The zero-order valence-corrected chi connectivity index (χ0v) is 14.2. The van der Waals surface area contributed by atoms with E-state index in [2.05, 4.69) is 34.6 Å². The standard InChI is InChI=1S/C17H25N3OS/c1-3-6-16(21)19-17(22)18-14-8-10-15(11-9-14)20-12-5-4-7-13(20)2/h8-11,13H,3-7,12H2,1-2H3,(H2,18,19,21,22)/t13-/m1/s1. The molecule has 0 unspecified atom stereocenters. The molecule has 1 aliphatic rings. The minimum Gasteiger partial charge on any atom is -0.369 e. The van der Waals surface area contributed by atoms with Gasteiger partial charge in [-0.05, 0) is 69.1 Å². The second kappa shape index (κ2) is 8.13. The molecule has 2 rings (SSSR count). The van der Waals surface area contributed by atoms with Gasteiger partial charge >= 0.3 is 0 Å². The van der Waals surface area contributed by atoms with Gasteiger partial charge in [0.15, 0.2) is 5.11 Å². The third-order valence-corrected chi connectivity index (χ3v) is 4.19. The van der Waals surface area contributed by atoms with Gasteiger partial charge in [-0.1, -0.05) is 6.92 Å². The SMILES string of the molecule is CCCC(=O)NC(=S)Nc1ccc(N2CCCC[C@H]2C)cc1. The van der Waals surface area contributed by atoms with Gasteiger partial charge in [0.05, 0.1) is 0 Å². The highest BCUT2D eigenvalue weighted by molar-refractivity contribution is 7.80. The zero-order valence-electron chi connectivity index (χ0n) is 13.4. The number of nitrogens with zero attached hydrogens (tertiary/aromatic N) is 1. The van der Waals surface area contributed by atoms with Crippen molar-refractivity contribution in [3.8, 4) is 0 Å². The Hall–Kier alpha value is -1.62. The van der Waals surface area contributed by atoms with Crippen LogP contribution in [0.1, 0.15) is 46.0 Å². The predicted molar refractivity (Wildman–Crippen MR) is 96.4 cm³/mol. The fourth-order valence-electron chi connectivity index (χ4n) is 2.80. The summed E-state index contributed by atoms with van der Waals surface area (Å²) in [6.07, 6.45) is 5.15. The van der Waals surface area contributed by atoms with Gasteiger partial charge in [-0.3, -0.25) is 4.79 Å². The van der Waals surface area contributed by atoms with E-state index >= 15 is 0 Å². The molecule has 2 N–H and O–H groups in total. The van der Waals surface area contributed by atoms with Gasteiger partial charge in [-0.15, -0.1) is 0 Å². The van der Waals surface area contributed by atoms with Gasteiger partial charge in [0, 0.05) is 30.4 Å². The maximum absolute atomic E-state index is 11.5. The maximum atomic E-state index is 11.5. The Morgan fingerprint density at radius 3 is 2.68 bits per heavy atom. The fourth-order valence-corrected chi connectivity index (χ4v) is 3.03. The van der Waals surface area contributed by atoms with E-state index in [4.69, 9.17) is 12.2 Å². The van der Waals surface area contributed by atoms with Crippen molar-refractivity contribution in [2.75, 3.05) is 16.8 Å². The molecule has 120 valence electrons. The lowest BCUT2D eigenvalue weighted by atomic mass is 10.0. The van der Waals surface area contributed by atoms with E-state index in [0.717, 1.165) is 18.7 Å². The minimum absolute atomic E-state index is 0.0428. The minimum atomic E-state index is -0.0428. The molecule has 0 spiro atoms. The highest BCUT2D eigenvalue weighted by Gasteiger charge is 2.18. The number of hydrogen-bond donors (Lipinski definition) is 2. The van der Waals surface area contributed by atoms with Crippen molar-refractivity contribution in [3.63, 3.8) is 0 Å². The molecule has 1 amide bonds. The molecule has 1 aromatic rings. The van der Waals surface area contributed by atoms with Crippen LogP contribution >= 0.6 is 12.2 Å². The largest absolute Gasteiger partial charge is 0.369 e. The molecule has 5 heteroatoms. The highest BCUT2D eigenvalue weighted by atomic mass is 32.1. The number of nitrogens with one attached hydrogen (secondary N) is 2. The molecular formula is C17H25N3OS. The summed E-state index contributed by atoms with van der Waals surface area (Å²) in [5, 5.41) is 6.10. The third kappa shape index (κ3) is 4.70. The van der Waals surface area contributed by atoms with Crippen molar-refractivity contribution in [2.24, 2.45) is 0 Å². The number of benzene rings is 1. The van der Waals surface area contributed by atoms with E-state index in [0.29, 0.717) is 17.6 Å². The van der Waals surface area contributed by atoms with Gasteiger partial charge in [0.1, 0.15) is 0 Å². The van der Waals surface area contributed by atoms with Gasteiger partial charge < -0.3 is 15.5 Å². The summed E-state index contributed by atoms with van der Waals surface area (Å²) >= 11 is 5.15. The van der Waals surface area contributed by atoms with E-state index in [1.165, 1.54) is 24.9 Å². The lowest BCUT2D eigenvalue weighted by Crippen LogP contribution is -2.37. The fraction of sp³-hybridized carbons (Fsp3) is 0.529. The van der Waals surface area contributed by atoms with Crippen molar-refractivity contribution < 1.29 is 4.79 Å². The van der Waals surface area contributed by atoms with Crippen LogP contribution in [0.15, 0.2) is 24.3 Å². The Balaban J connectivity index is 1.91. The summed E-state index contributed by atoms with van der Waals surface area (Å²) in [5.74, 6) is -0.0428. The molecule has 4 nitrogen and oxygen atoms in total. The van der Waals surface area contributed by atoms with Gasteiger partial charge in [-0.25, -0.2) is 0 Å². The highest BCUT2D eigenvalue weighted by Crippen LogP contribution is 2.25. The van der Waals surface area contributed by atoms with E-state index < -0.39 is 0 Å². The van der Waals surface area contributed by atoms with Crippen LogP contribution in [0.25, 0.3) is 0 Å². The third-order valence-electron chi connectivity index (χ3n) is 3.99. The number of anilines is 2. The number of carbonyl (C=O) groups excluding carboxylic acids is 1. The molecule has 0 bridgehead atoms. The van der Waals surface area contributed by atoms with Crippen LogP contribution in [0, 0.1) is 0 Å². The van der Waals surface area contributed by atoms with E-state index in [1.807, 2.05) is 19.1 Å². The van der Waals surface area contributed by atoms with Crippen LogP contribution < -0.4 is 15.5 Å². The summed E-state index contributed by atoms with van der Waals surface area (Å²) in [5.41, 5.74) is 2.15. The van der Waals surface area contributed by atoms with Crippen LogP contribution in [-0.2, 0) is 4.79 Å². The molecular weight excluding hydrogens is 294 g/mol. The van der Waals surface area contributed by atoms with Crippen LogP contribution in [0.3, 0.4) is 0 Å². The Bertz CT molecular complexity index is 515. The van der Waals surface area contributed by atoms with Crippen molar-refractivity contribution in [1.82, 2.24) is 5.32 Å². The van der Waals surface area contributed by atoms with Crippen LogP contribution in [-0.4, -0.2) is 23.6 Å². The number of amides is 1. The first-order chi connectivity index (χ1) is 10.6. The van der Waals surface area contributed by atoms with Crippen LogP contribution in [0.2, 0.25) is 0 Å². The quantitative estimate of drug-likeness (QED) is 0.831. The second-order valence-corrected chi connectivity index (χ2v) is 6.25.